The average Bonchev–Trinajstić information content (AvgIpc) is 2.55. The van der Waals surface area contributed by atoms with Crippen LogP contribution in [0, 0.1) is 25.2 Å². The van der Waals surface area contributed by atoms with Crippen molar-refractivity contribution in [2.75, 3.05) is 20.1 Å². The molecule has 1 saturated heterocycles. The second-order valence-electron chi connectivity index (χ2n) is 4.64. The molecule has 86 valence electrons. The largest absolute Gasteiger partial charge is 0.306 e. The summed E-state index contributed by atoms with van der Waals surface area (Å²) in [5, 5.41) is 13.5. The predicted molar refractivity (Wildman–Crippen MR) is 62.2 cm³/mol. The van der Waals surface area contributed by atoms with E-state index in [1.807, 2.05) is 13.8 Å². The minimum absolute atomic E-state index is 0.469. The Balaban J connectivity index is 2.25. The van der Waals surface area contributed by atoms with E-state index in [2.05, 4.69) is 27.8 Å². The van der Waals surface area contributed by atoms with E-state index in [0.29, 0.717) is 6.04 Å². The molecule has 0 spiro atoms. The molecule has 0 radical (unpaired) electrons. The quantitative estimate of drug-likeness (QED) is 0.719. The van der Waals surface area contributed by atoms with E-state index in [1.165, 1.54) is 0 Å². The van der Waals surface area contributed by atoms with Crippen LogP contribution in [-0.2, 0) is 0 Å². The minimum atomic E-state index is 0.469. The molecule has 0 aliphatic carbocycles. The smallest absolute Gasteiger partial charge is 0.103 e. The summed E-state index contributed by atoms with van der Waals surface area (Å²) in [4.78, 5) is 2.34. The molecule has 1 fully saturated rings. The maximum atomic E-state index is 9.04. The van der Waals surface area contributed by atoms with Gasteiger partial charge in [0.15, 0.2) is 0 Å². The topological polar surface area (TPSA) is 44.9 Å². The van der Waals surface area contributed by atoms with Crippen molar-refractivity contribution < 1.29 is 0 Å². The number of hydrogen-bond acceptors (Lipinski definition) is 3. The summed E-state index contributed by atoms with van der Waals surface area (Å²) >= 11 is 0. The number of piperidine rings is 1. The third-order valence-electron chi connectivity index (χ3n) is 3.47. The fraction of sp³-hybridized carbons (Fsp3) is 0.667. The molecule has 2 rings (SSSR count). The summed E-state index contributed by atoms with van der Waals surface area (Å²) in [7, 11) is 2.15. The molecule has 1 aromatic rings. The molecule has 0 bridgehead atoms. The molecular formula is C12H18N4. The molecule has 4 nitrogen and oxygen atoms in total. The van der Waals surface area contributed by atoms with Crippen LogP contribution in [0.5, 0.6) is 0 Å². The van der Waals surface area contributed by atoms with E-state index in [9.17, 15) is 0 Å². The third kappa shape index (κ3) is 1.83. The van der Waals surface area contributed by atoms with Crippen LogP contribution in [0.1, 0.15) is 35.8 Å². The van der Waals surface area contributed by atoms with E-state index in [4.69, 9.17) is 5.26 Å². The van der Waals surface area contributed by atoms with Crippen LogP contribution in [-0.4, -0.2) is 34.8 Å². The van der Waals surface area contributed by atoms with Crippen LogP contribution in [0.4, 0.5) is 0 Å². The number of nitrogens with zero attached hydrogens (tertiary/aromatic N) is 4. The van der Waals surface area contributed by atoms with Crippen LogP contribution in [0.25, 0.3) is 0 Å². The van der Waals surface area contributed by atoms with Crippen molar-refractivity contribution in [1.29, 1.82) is 5.26 Å². The van der Waals surface area contributed by atoms with E-state index >= 15 is 0 Å². The number of likely N-dealkylation sites (tertiary alicyclic amines) is 1. The first-order valence-electron chi connectivity index (χ1n) is 5.78. The van der Waals surface area contributed by atoms with E-state index in [1.54, 1.807) is 0 Å². The molecule has 16 heavy (non-hydrogen) atoms. The predicted octanol–water partition coefficient (Wildman–Crippen LogP) is 1.64. The molecule has 4 heteroatoms. The standard InChI is InChI=1S/C12H18N4/c1-9-12(8-13)10(2)16(14-9)11-4-6-15(3)7-5-11/h11H,4-7H2,1-3H3. The highest BCUT2D eigenvalue weighted by molar-refractivity contribution is 5.36. The monoisotopic (exact) mass is 218 g/mol. The van der Waals surface area contributed by atoms with Crippen LogP contribution in [0.2, 0.25) is 0 Å². The number of aryl methyl sites for hydroxylation is 1. The van der Waals surface area contributed by atoms with Gasteiger partial charge in [0.1, 0.15) is 6.07 Å². The minimum Gasteiger partial charge on any atom is -0.306 e. The normalized spacial score (nSPS) is 18.6. The number of nitriles is 1. The van der Waals surface area contributed by atoms with Gasteiger partial charge in [0, 0.05) is 0 Å². The van der Waals surface area contributed by atoms with Gasteiger partial charge in [-0.05, 0) is 46.8 Å². The van der Waals surface area contributed by atoms with Gasteiger partial charge >= 0.3 is 0 Å². The highest BCUT2D eigenvalue weighted by Gasteiger charge is 2.22. The van der Waals surface area contributed by atoms with Gasteiger partial charge in [-0.25, -0.2) is 0 Å². The average molecular weight is 218 g/mol. The van der Waals surface area contributed by atoms with Gasteiger partial charge in [-0.15, -0.1) is 0 Å². The van der Waals surface area contributed by atoms with Crippen molar-refractivity contribution in [3.05, 3.63) is 17.0 Å². The van der Waals surface area contributed by atoms with Crippen LogP contribution >= 0.6 is 0 Å². The van der Waals surface area contributed by atoms with Gasteiger partial charge in [0.05, 0.1) is 23.0 Å². The molecule has 1 aliphatic heterocycles. The Morgan fingerprint density at radius 3 is 2.44 bits per heavy atom. The Kier molecular flexibility index (Phi) is 2.97. The van der Waals surface area contributed by atoms with E-state index in [-0.39, 0.29) is 0 Å². The summed E-state index contributed by atoms with van der Waals surface area (Å²) in [5.41, 5.74) is 2.63. The highest BCUT2D eigenvalue weighted by Crippen LogP contribution is 2.24. The Hall–Kier alpha value is -1.34. The van der Waals surface area contributed by atoms with E-state index < -0.39 is 0 Å². The van der Waals surface area contributed by atoms with Crippen LogP contribution in [0.15, 0.2) is 0 Å². The lowest BCUT2D eigenvalue weighted by molar-refractivity contribution is 0.210. The molecule has 0 atom stereocenters. The van der Waals surface area contributed by atoms with Crippen molar-refractivity contribution >= 4 is 0 Å². The van der Waals surface area contributed by atoms with E-state index in [0.717, 1.165) is 42.9 Å². The van der Waals surface area contributed by atoms with Crippen molar-refractivity contribution in [3.8, 4) is 6.07 Å². The Labute approximate surface area is 96.5 Å². The summed E-state index contributed by atoms with van der Waals surface area (Å²) in [5.74, 6) is 0. The molecule has 0 aromatic carbocycles. The van der Waals surface area contributed by atoms with Crippen LogP contribution in [0.3, 0.4) is 0 Å². The maximum absolute atomic E-state index is 9.04. The maximum Gasteiger partial charge on any atom is 0.103 e. The zero-order chi connectivity index (χ0) is 11.7. The number of rotatable bonds is 1. The summed E-state index contributed by atoms with van der Waals surface area (Å²) in [6.07, 6.45) is 2.26. The zero-order valence-corrected chi connectivity index (χ0v) is 10.2. The first-order valence-corrected chi connectivity index (χ1v) is 5.78. The first kappa shape index (κ1) is 11.2. The Morgan fingerprint density at radius 1 is 1.31 bits per heavy atom. The molecule has 0 amide bonds. The second-order valence-corrected chi connectivity index (χ2v) is 4.64. The van der Waals surface area contributed by atoms with Gasteiger partial charge < -0.3 is 4.90 Å². The molecular weight excluding hydrogens is 200 g/mol. The lowest BCUT2D eigenvalue weighted by Gasteiger charge is -2.29. The van der Waals surface area contributed by atoms with Crippen molar-refractivity contribution in [2.24, 2.45) is 0 Å². The van der Waals surface area contributed by atoms with Gasteiger partial charge in [0.2, 0.25) is 0 Å². The van der Waals surface area contributed by atoms with Crippen molar-refractivity contribution in [1.82, 2.24) is 14.7 Å². The van der Waals surface area contributed by atoms with Crippen molar-refractivity contribution in [3.63, 3.8) is 0 Å². The zero-order valence-electron chi connectivity index (χ0n) is 10.2. The lowest BCUT2D eigenvalue weighted by atomic mass is 10.1. The number of aromatic nitrogens is 2. The first-order chi connectivity index (χ1) is 7.63. The molecule has 1 aromatic heterocycles. The Morgan fingerprint density at radius 2 is 1.94 bits per heavy atom. The number of hydrogen-bond donors (Lipinski definition) is 0. The SMILES string of the molecule is Cc1nn(C2CCN(C)CC2)c(C)c1C#N. The van der Waals surface area contributed by atoms with Crippen molar-refractivity contribution in [2.45, 2.75) is 32.7 Å². The molecule has 0 N–H and O–H groups in total. The molecule has 2 heterocycles. The van der Waals surface area contributed by atoms with Gasteiger partial charge in [-0.3, -0.25) is 4.68 Å². The lowest BCUT2D eigenvalue weighted by Crippen LogP contribution is -2.32. The van der Waals surface area contributed by atoms with Crippen LogP contribution < -0.4 is 0 Å². The molecule has 0 unspecified atom stereocenters. The fourth-order valence-corrected chi connectivity index (χ4v) is 2.42. The highest BCUT2D eigenvalue weighted by atomic mass is 15.3. The summed E-state index contributed by atoms with van der Waals surface area (Å²) in [6, 6.07) is 2.71. The summed E-state index contributed by atoms with van der Waals surface area (Å²) in [6.45, 7) is 6.14. The fourth-order valence-electron chi connectivity index (χ4n) is 2.42. The Bertz CT molecular complexity index is 419. The van der Waals surface area contributed by atoms with Gasteiger partial charge in [-0.2, -0.15) is 10.4 Å². The second kappa shape index (κ2) is 4.26. The van der Waals surface area contributed by atoms with Gasteiger partial charge in [-0.1, -0.05) is 0 Å². The molecule has 1 aliphatic rings. The van der Waals surface area contributed by atoms with Gasteiger partial charge in [0.25, 0.3) is 0 Å². The molecule has 0 saturated carbocycles. The summed E-state index contributed by atoms with van der Waals surface area (Å²) < 4.78 is 2.06. The third-order valence-corrected chi connectivity index (χ3v) is 3.47.